The van der Waals surface area contributed by atoms with Gasteiger partial charge < -0.3 is 4.90 Å². The summed E-state index contributed by atoms with van der Waals surface area (Å²) in [5.74, 6) is -0.534. The number of amidine groups is 1. The molecule has 0 bridgehead atoms. The average molecular weight is 348 g/mol. The van der Waals surface area contributed by atoms with Crippen molar-refractivity contribution in [1.82, 2.24) is 15.2 Å². The van der Waals surface area contributed by atoms with Gasteiger partial charge in [-0.15, -0.1) is 0 Å². The highest BCUT2D eigenvalue weighted by atomic mass is 19.1. The molecule has 1 saturated heterocycles. The van der Waals surface area contributed by atoms with Crippen LogP contribution in [0.4, 0.5) is 13.6 Å². The number of hydrogen-bond acceptors (Lipinski definition) is 3. The SMILES string of the molecule is CN1CC=CC(NC(=O)N2CCC[C@@H](c3cc(F)cc(F)c3)CC2)=N1. The number of benzene rings is 1. The topological polar surface area (TPSA) is 47.9 Å². The molecule has 0 unspecified atom stereocenters. The first-order chi connectivity index (χ1) is 12.0. The quantitative estimate of drug-likeness (QED) is 0.848. The number of urea groups is 1. The predicted octanol–water partition coefficient (Wildman–Crippen LogP) is 3.06. The fraction of sp³-hybridized carbons (Fsp3) is 0.444. The molecule has 7 heteroatoms. The summed E-state index contributed by atoms with van der Waals surface area (Å²) in [5.41, 5.74) is 0.668. The number of likely N-dealkylation sites (tertiary alicyclic amines) is 1. The van der Waals surface area contributed by atoms with E-state index in [4.69, 9.17) is 0 Å². The summed E-state index contributed by atoms with van der Waals surface area (Å²) in [6.07, 6.45) is 5.99. The lowest BCUT2D eigenvalue weighted by Gasteiger charge is -2.23. The Morgan fingerprint density at radius 3 is 2.68 bits per heavy atom. The highest BCUT2D eigenvalue weighted by Gasteiger charge is 2.23. The molecule has 1 aromatic carbocycles. The number of rotatable bonds is 1. The Kier molecular flexibility index (Phi) is 5.31. The number of hydrazone groups is 1. The van der Waals surface area contributed by atoms with Gasteiger partial charge in [0, 0.05) is 26.2 Å². The number of nitrogens with one attached hydrogen (secondary N) is 1. The molecular weight excluding hydrogens is 326 g/mol. The van der Waals surface area contributed by atoms with Gasteiger partial charge in [-0.3, -0.25) is 10.3 Å². The number of hydrogen-bond donors (Lipinski definition) is 1. The Labute approximate surface area is 146 Å². The predicted molar refractivity (Wildman–Crippen MR) is 92.3 cm³/mol. The van der Waals surface area contributed by atoms with Crippen molar-refractivity contribution >= 4 is 11.9 Å². The molecule has 2 aliphatic rings. The van der Waals surface area contributed by atoms with Crippen LogP contribution in [0.2, 0.25) is 0 Å². The van der Waals surface area contributed by atoms with Crippen LogP contribution >= 0.6 is 0 Å². The zero-order valence-corrected chi connectivity index (χ0v) is 14.2. The summed E-state index contributed by atoms with van der Waals surface area (Å²) in [7, 11) is 1.84. The molecule has 25 heavy (non-hydrogen) atoms. The normalized spacial score (nSPS) is 20.9. The Bertz CT molecular complexity index is 684. The molecule has 0 aliphatic carbocycles. The Morgan fingerprint density at radius 1 is 1.20 bits per heavy atom. The van der Waals surface area contributed by atoms with Crippen molar-refractivity contribution in [2.45, 2.75) is 25.2 Å². The van der Waals surface area contributed by atoms with E-state index >= 15 is 0 Å². The van der Waals surface area contributed by atoms with Gasteiger partial charge in [-0.05, 0) is 49.0 Å². The molecule has 2 heterocycles. The Balaban J connectivity index is 1.61. The van der Waals surface area contributed by atoms with E-state index in [1.54, 1.807) is 16.0 Å². The third kappa shape index (κ3) is 4.55. The van der Waals surface area contributed by atoms with Crippen LogP contribution in [0.5, 0.6) is 0 Å². The van der Waals surface area contributed by atoms with Crippen LogP contribution < -0.4 is 5.32 Å². The zero-order chi connectivity index (χ0) is 17.8. The molecule has 1 N–H and O–H groups in total. The highest BCUT2D eigenvalue weighted by Crippen LogP contribution is 2.29. The maximum absolute atomic E-state index is 13.4. The number of carbonyl (C=O) groups is 1. The number of carbonyl (C=O) groups excluding carboxylic acids is 1. The maximum atomic E-state index is 13.4. The molecule has 0 aromatic heterocycles. The lowest BCUT2D eigenvalue weighted by molar-refractivity contribution is 0.204. The molecule has 1 aromatic rings. The van der Waals surface area contributed by atoms with E-state index in [1.165, 1.54) is 12.1 Å². The molecule has 0 spiro atoms. The summed E-state index contributed by atoms with van der Waals surface area (Å²) in [5, 5.41) is 8.79. The molecule has 5 nitrogen and oxygen atoms in total. The number of likely N-dealkylation sites (N-methyl/N-ethyl adjacent to an activating group) is 1. The number of nitrogens with zero attached hydrogens (tertiary/aromatic N) is 3. The minimum Gasteiger partial charge on any atom is -0.324 e. The van der Waals surface area contributed by atoms with Gasteiger partial charge in [0.25, 0.3) is 0 Å². The molecule has 0 radical (unpaired) electrons. The van der Waals surface area contributed by atoms with Crippen molar-refractivity contribution in [2.24, 2.45) is 5.10 Å². The van der Waals surface area contributed by atoms with Crippen LogP contribution in [0, 0.1) is 11.6 Å². The van der Waals surface area contributed by atoms with E-state index in [9.17, 15) is 13.6 Å². The van der Waals surface area contributed by atoms with Crippen LogP contribution in [0.25, 0.3) is 0 Å². The summed E-state index contributed by atoms with van der Waals surface area (Å²) >= 11 is 0. The lowest BCUT2D eigenvalue weighted by atomic mass is 9.92. The Morgan fingerprint density at radius 2 is 1.96 bits per heavy atom. The van der Waals surface area contributed by atoms with E-state index in [1.807, 2.05) is 13.1 Å². The van der Waals surface area contributed by atoms with Crippen LogP contribution in [0.3, 0.4) is 0 Å². The van der Waals surface area contributed by atoms with Gasteiger partial charge >= 0.3 is 6.03 Å². The second-order valence-corrected chi connectivity index (χ2v) is 6.48. The minimum atomic E-state index is -0.555. The smallest absolute Gasteiger partial charge is 0.323 e. The molecule has 1 atom stereocenters. The first-order valence-corrected chi connectivity index (χ1v) is 8.49. The van der Waals surface area contributed by atoms with Crippen molar-refractivity contribution < 1.29 is 13.6 Å². The fourth-order valence-electron chi connectivity index (χ4n) is 3.27. The van der Waals surface area contributed by atoms with Gasteiger partial charge in [-0.2, -0.15) is 5.10 Å². The largest absolute Gasteiger partial charge is 0.324 e. The first-order valence-electron chi connectivity index (χ1n) is 8.49. The van der Waals surface area contributed by atoms with E-state index in [2.05, 4.69) is 10.4 Å². The monoisotopic (exact) mass is 348 g/mol. The van der Waals surface area contributed by atoms with Gasteiger partial charge in [0.2, 0.25) is 0 Å². The van der Waals surface area contributed by atoms with Crippen LogP contribution in [-0.2, 0) is 0 Å². The Hall–Kier alpha value is -2.44. The third-order valence-electron chi connectivity index (χ3n) is 4.53. The van der Waals surface area contributed by atoms with E-state index < -0.39 is 11.6 Å². The van der Waals surface area contributed by atoms with Crippen molar-refractivity contribution in [1.29, 1.82) is 0 Å². The van der Waals surface area contributed by atoms with E-state index in [-0.39, 0.29) is 11.9 Å². The van der Waals surface area contributed by atoms with Gasteiger partial charge in [-0.25, -0.2) is 13.6 Å². The average Bonchev–Trinajstić information content (AvgIpc) is 2.80. The van der Waals surface area contributed by atoms with Gasteiger partial charge in [0.1, 0.15) is 11.6 Å². The molecule has 0 saturated carbocycles. The lowest BCUT2D eigenvalue weighted by Crippen LogP contribution is -2.44. The molecule has 134 valence electrons. The number of amides is 2. The number of halogens is 2. The van der Waals surface area contributed by atoms with Crippen molar-refractivity contribution in [2.75, 3.05) is 26.7 Å². The van der Waals surface area contributed by atoms with E-state index in [0.29, 0.717) is 30.9 Å². The third-order valence-corrected chi connectivity index (χ3v) is 4.53. The molecule has 2 aliphatic heterocycles. The summed E-state index contributed by atoms with van der Waals surface area (Å²) in [6.45, 7) is 1.88. The second kappa shape index (κ2) is 7.63. The summed E-state index contributed by atoms with van der Waals surface area (Å²) in [4.78, 5) is 14.2. The van der Waals surface area contributed by atoms with Crippen LogP contribution in [0.15, 0.2) is 35.5 Å². The van der Waals surface area contributed by atoms with Crippen LogP contribution in [0.1, 0.15) is 30.7 Å². The molecule has 2 amide bonds. The fourth-order valence-corrected chi connectivity index (χ4v) is 3.27. The van der Waals surface area contributed by atoms with Gasteiger partial charge in [0.15, 0.2) is 5.84 Å². The molecular formula is C18H22F2N4O. The second-order valence-electron chi connectivity index (χ2n) is 6.48. The molecule has 3 rings (SSSR count). The highest BCUT2D eigenvalue weighted by molar-refractivity contribution is 6.03. The minimum absolute atomic E-state index is 0.0565. The van der Waals surface area contributed by atoms with Crippen molar-refractivity contribution in [3.05, 3.63) is 47.5 Å². The van der Waals surface area contributed by atoms with Gasteiger partial charge in [0.05, 0.1) is 6.54 Å². The maximum Gasteiger partial charge on any atom is 0.323 e. The molecule has 1 fully saturated rings. The van der Waals surface area contributed by atoms with Gasteiger partial charge in [-0.1, -0.05) is 6.08 Å². The van der Waals surface area contributed by atoms with Crippen molar-refractivity contribution in [3.63, 3.8) is 0 Å². The van der Waals surface area contributed by atoms with E-state index in [0.717, 1.165) is 25.5 Å². The first kappa shape index (κ1) is 17.4. The summed E-state index contributed by atoms with van der Waals surface area (Å²) < 4.78 is 26.9. The standard InChI is InChI=1S/C18H22F2N4O/c1-23-7-3-5-17(22-23)21-18(25)24-8-2-4-13(6-9-24)14-10-15(19)12-16(20)11-14/h3,5,10-13H,2,4,6-9H2,1H3,(H,21,22,25)/t13-/m1/s1. The van der Waals surface area contributed by atoms with Crippen LogP contribution in [-0.4, -0.2) is 48.5 Å². The zero-order valence-electron chi connectivity index (χ0n) is 14.2. The van der Waals surface area contributed by atoms with Crippen molar-refractivity contribution in [3.8, 4) is 0 Å². The summed E-state index contributed by atoms with van der Waals surface area (Å²) in [6, 6.07) is 3.47.